The van der Waals surface area contributed by atoms with Gasteiger partial charge in [-0.2, -0.15) is 0 Å². The van der Waals surface area contributed by atoms with Crippen molar-refractivity contribution < 1.29 is 14.4 Å². The lowest BCUT2D eigenvalue weighted by Gasteiger charge is -2.02. The Labute approximate surface area is 143 Å². The Bertz CT molecular complexity index is 1190. The van der Waals surface area contributed by atoms with Gasteiger partial charge >= 0.3 is 0 Å². The van der Waals surface area contributed by atoms with Crippen LogP contribution in [0.1, 0.15) is 5.56 Å². The first kappa shape index (κ1) is 15.6. The molecule has 0 bridgehead atoms. The molecule has 0 amide bonds. The van der Waals surface area contributed by atoms with E-state index in [0.29, 0.717) is 5.75 Å². The maximum atomic E-state index is 12.0. The summed E-state index contributed by atoms with van der Waals surface area (Å²) >= 11 is 0. The fraction of sp³-hybridized carbons (Fsp3) is 0.0625. The highest BCUT2D eigenvalue weighted by Crippen LogP contribution is 2.37. The number of nitrogens with one attached hydrogen (secondary N) is 2. The Morgan fingerprint density at radius 1 is 1.12 bits per heavy atom. The van der Waals surface area contributed by atoms with Crippen LogP contribution in [-0.4, -0.2) is 28.1 Å². The number of nitrogens with zero attached hydrogens (tertiary/aromatic N) is 2. The number of rotatable bonds is 3. The van der Waals surface area contributed by atoms with Crippen LogP contribution in [0.3, 0.4) is 0 Å². The lowest BCUT2D eigenvalue weighted by atomic mass is 10.1. The highest BCUT2D eigenvalue weighted by atomic mass is 16.7. The minimum absolute atomic E-state index is 0.0193. The van der Waals surface area contributed by atoms with Crippen molar-refractivity contribution in [3.8, 4) is 11.5 Å². The predicted octanol–water partition coefficient (Wildman–Crippen LogP) is 1.60. The van der Waals surface area contributed by atoms with Crippen molar-refractivity contribution in [3.63, 3.8) is 0 Å². The monoisotopic (exact) mass is 354 g/mol. The number of nitro benzene ring substituents is 1. The maximum Gasteiger partial charge on any atom is 0.282 e. The Morgan fingerprint density at radius 2 is 1.85 bits per heavy atom. The fourth-order valence-electron chi connectivity index (χ4n) is 2.67. The Morgan fingerprint density at radius 3 is 2.62 bits per heavy atom. The number of aromatic amines is 2. The van der Waals surface area contributed by atoms with E-state index in [4.69, 9.17) is 9.47 Å². The molecule has 4 rings (SSSR count). The van der Waals surface area contributed by atoms with Gasteiger partial charge in [0.25, 0.3) is 16.8 Å². The first-order valence-corrected chi connectivity index (χ1v) is 7.40. The van der Waals surface area contributed by atoms with E-state index in [2.05, 4.69) is 15.2 Å². The van der Waals surface area contributed by atoms with Gasteiger partial charge in [0.15, 0.2) is 11.5 Å². The number of fused-ring (bicyclic) bond motifs is 2. The molecule has 1 aliphatic heterocycles. The molecule has 0 saturated heterocycles. The molecule has 10 heteroatoms. The van der Waals surface area contributed by atoms with Gasteiger partial charge in [-0.25, -0.2) is 0 Å². The van der Waals surface area contributed by atoms with Gasteiger partial charge in [-0.15, -0.1) is 0 Å². The average Bonchev–Trinajstić information content (AvgIpc) is 3.09. The zero-order valence-corrected chi connectivity index (χ0v) is 13.0. The zero-order valence-electron chi connectivity index (χ0n) is 13.0. The molecular formula is C16H10N4O6. The van der Waals surface area contributed by atoms with Gasteiger partial charge in [0.1, 0.15) is 0 Å². The quantitative estimate of drug-likeness (QED) is 0.416. The minimum atomic E-state index is -0.566. The maximum absolute atomic E-state index is 12.0. The molecule has 0 unspecified atom stereocenters. The van der Waals surface area contributed by atoms with Gasteiger partial charge in [-0.1, -0.05) is 6.07 Å². The molecule has 0 fully saturated rings. The molecule has 0 radical (unpaired) electrons. The smallest absolute Gasteiger partial charge is 0.282 e. The van der Waals surface area contributed by atoms with Gasteiger partial charge in [0.2, 0.25) is 6.79 Å². The van der Waals surface area contributed by atoms with Gasteiger partial charge in [0, 0.05) is 6.21 Å². The summed E-state index contributed by atoms with van der Waals surface area (Å²) in [6, 6.07) is 7.28. The molecule has 2 aromatic carbocycles. The summed E-state index contributed by atoms with van der Waals surface area (Å²) in [5.74, 6) is 0.645. The molecule has 0 aliphatic carbocycles. The van der Waals surface area contributed by atoms with E-state index in [1.165, 1.54) is 30.5 Å². The van der Waals surface area contributed by atoms with Crippen LogP contribution in [-0.2, 0) is 0 Å². The van der Waals surface area contributed by atoms with Gasteiger partial charge < -0.3 is 9.47 Å². The van der Waals surface area contributed by atoms with Crippen LogP contribution >= 0.6 is 0 Å². The van der Waals surface area contributed by atoms with Crippen LogP contribution in [0, 0.1) is 10.1 Å². The van der Waals surface area contributed by atoms with Crippen LogP contribution in [0.5, 0.6) is 11.5 Å². The number of ether oxygens (including phenoxy) is 2. The summed E-state index contributed by atoms with van der Waals surface area (Å²) in [6.07, 6.45) is 1.25. The number of hydrogen-bond donors (Lipinski definition) is 2. The molecule has 3 aromatic rings. The fourth-order valence-corrected chi connectivity index (χ4v) is 2.67. The van der Waals surface area contributed by atoms with Crippen LogP contribution in [0.4, 0.5) is 11.4 Å². The summed E-state index contributed by atoms with van der Waals surface area (Å²) in [4.78, 5) is 38.8. The normalized spacial score (nSPS) is 12.8. The third-order valence-corrected chi connectivity index (χ3v) is 3.87. The molecule has 0 saturated carbocycles. The summed E-state index contributed by atoms with van der Waals surface area (Å²) in [6.45, 7) is -0.0193. The van der Waals surface area contributed by atoms with E-state index in [-0.39, 0.29) is 40.3 Å². The molecule has 1 aliphatic rings. The molecule has 10 nitrogen and oxygen atoms in total. The molecule has 0 atom stereocenters. The summed E-state index contributed by atoms with van der Waals surface area (Å²) < 4.78 is 10.4. The molecule has 26 heavy (non-hydrogen) atoms. The second-order valence-corrected chi connectivity index (χ2v) is 5.39. The van der Waals surface area contributed by atoms with Crippen LogP contribution in [0.15, 0.2) is 44.9 Å². The van der Waals surface area contributed by atoms with Crippen molar-refractivity contribution in [2.24, 2.45) is 4.99 Å². The lowest BCUT2D eigenvalue weighted by molar-refractivity contribution is -0.385. The molecule has 2 N–H and O–H groups in total. The van der Waals surface area contributed by atoms with Crippen molar-refractivity contribution in [2.75, 3.05) is 6.79 Å². The van der Waals surface area contributed by atoms with E-state index in [1.807, 2.05) is 0 Å². The SMILES string of the molecule is O=c1[nH][nH]c(=O)c2c(N=Cc3cc4c(cc3[N+](=O)[O-])OCO4)cccc12. The van der Waals surface area contributed by atoms with Crippen molar-refractivity contribution >= 4 is 28.4 Å². The van der Waals surface area contributed by atoms with Crippen molar-refractivity contribution in [2.45, 2.75) is 0 Å². The van der Waals surface area contributed by atoms with E-state index < -0.39 is 16.0 Å². The Hall–Kier alpha value is -3.95. The number of benzene rings is 2. The first-order valence-electron chi connectivity index (χ1n) is 7.40. The lowest BCUT2D eigenvalue weighted by Crippen LogP contribution is -2.18. The molecule has 0 spiro atoms. The highest BCUT2D eigenvalue weighted by Gasteiger charge is 2.22. The number of H-pyrrole nitrogens is 2. The average molecular weight is 354 g/mol. The Kier molecular flexibility index (Phi) is 3.50. The molecular weight excluding hydrogens is 344 g/mol. The predicted molar refractivity (Wildman–Crippen MR) is 91.7 cm³/mol. The van der Waals surface area contributed by atoms with Crippen molar-refractivity contribution in [1.29, 1.82) is 0 Å². The van der Waals surface area contributed by atoms with E-state index >= 15 is 0 Å². The highest BCUT2D eigenvalue weighted by molar-refractivity contribution is 5.95. The molecule has 2 heterocycles. The minimum Gasteiger partial charge on any atom is -0.454 e. The van der Waals surface area contributed by atoms with Crippen LogP contribution in [0.2, 0.25) is 0 Å². The van der Waals surface area contributed by atoms with E-state index in [9.17, 15) is 19.7 Å². The standard InChI is InChI=1S/C16H10N4O6/c21-15-9-2-1-3-10(14(9)16(22)19-18-15)17-6-8-4-12-13(26-7-25-12)5-11(8)20(23)24/h1-6H,7H2,(H,18,21)(H,19,22). The second kappa shape index (κ2) is 5.84. The van der Waals surface area contributed by atoms with Crippen LogP contribution < -0.4 is 20.6 Å². The molecule has 1 aromatic heterocycles. The first-order chi connectivity index (χ1) is 12.5. The number of hydrogen-bond acceptors (Lipinski definition) is 7. The van der Waals surface area contributed by atoms with Crippen molar-refractivity contribution in [3.05, 3.63) is 66.7 Å². The van der Waals surface area contributed by atoms with E-state index in [1.54, 1.807) is 6.07 Å². The van der Waals surface area contributed by atoms with Gasteiger partial charge in [-0.05, 0) is 18.2 Å². The Balaban J connectivity index is 1.87. The molecule has 130 valence electrons. The van der Waals surface area contributed by atoms with E-state index in [0.717, 1.165) is 0 Å². The topological polar surface area (TPSA) is 140 Å². The van der Waals surface area contributed by atoms with Gasteiger partial charge in [-0.3, -0.25) is 34.9 Å². The number of aliphatic imine (C=N–C) groups is 1. The summed E-state index contributed by atoms with van der Waals surface area (Å²) in [7, 11) is 0. The largest absolute Gasteiger partial charge is 0.454 e. The number of aromatic nitrogens is 2. The summed E-state index contributed by atoms with van der Waals surface area (Å²) in [5, 5.41) is 16.0. The third kappa shape index (κ3) is 2.49. The van der Waals surface area contributed by atoms with Crippen molar-refractivity contribution in [1.82, 2.24) is 10.2 Å². The van der Waals surface area contributed by atoms with Crippen LogP contribution in [0.25, 0.3) is 10.8 Å². The van der Waals surface area contributed by atoms with Gasteiger partial charge in [0.05, 0.1) is 33.0 Å². The second-order valence-electron chi connectivity index (χ2n) is 5.39. The third-order valence-electron chi connectivity index (χ3n) is 3.87. The zero-order chi connectivity index (χ0) is 18.3. The number of nitro groups is 1. The summed E-state index contributed by atoms with van der Waals surface area (Å²) in [5.41, 5.74) is -0.817.